The molecule has 0 nitrogen and oxygen atoms in total. The van der Waals surface area contributed by atoms with Crippen molar-refractivity contribution in [3.8, 4) is 44.5 Å². The van der Waals surface area contributed by atoms with Crippen LogP contribution in [0.3, 0.4) is 0 Å². The summed E-state index contributed by atoms with van der Waals surface area (Å²) < 4.78 is 2.68. The minimum Gasteiger partial charge on any atom is -0.135 e. The highest BCUT2D eigenvalue weighted by molar-refractivity contribution is 7.26. The summed E-state index contributed by atoms with van der Waals surface area (Å²) in [5, 5.41) is 10.3. The van der Waals surface area contributed by atoms with E-state index in [1.165, 1.54) is 97.0 Å². The van der Waals surface area contributed by atoms with Gasteiger partial charge in [-0.05, 0) is 89.0 Å². The van der Waals surface area contributed by atoms with Crippen molar-refractivity contribution >= 4 is 63.8 Å². The summed E-state index contributed by atoms with van der Waals surface area (Å²) in [4.78, 5) is 0. The van der Waals surface area contributed by atoms with Crippen LogP contribution in [0.4, 0.5) is 0 Å². The highest BCUT2D eigenvalue weighted by Gasteiger charge is 2.18. The standard InChI is InChI=1S/C48H30S/c1-2-16-36-31(12-1)13-10-22-37(36)32-26-28-33(29-27-32)46-40-18-3-5-20-42(40)47(43-21-6-4-19-41(43)46)35-15-9-14-34(30-35)38-23-11-24-44-39-17-7-8-25-45(39)49-48(38)44/h1-30H. The van der Waals surface area contributed by atoms with Crippen LogP contribution in [0.5, 0.6) is 0 Å². The van der Waals surface area contributed by atoms with E-state index in [0.717, 1.165) is 0 Å². The Morgan fingerprint density at radius 2 is 0.776 bits per heavy atom. The molecule has 0 spiro atoms. The number of hydrogen-bond donors (Lipinski definition) is 0. The summed E-state index contributed by atoms with van der Waals surface area (Å²) in [7, 11) is 0. The molecule has 1 heteroatoms. The molecule has 10 aromatic rings. The van der Waals surface area contributed by atoms with E-state index in [9.17, 15) is 0 Å². The molecule has 0 saturated carbocycles. The van der Waals surface area contributed by atoms with Crippen LogP contribution in [0.1, 0.15) is 0 Å². The van der Waals surface area contributed by atoms with Crippen LogP contribution in [0.15, 0.2) is 182 Å². The predicted molar refractivity (Wildman–Crippen MR) is 214 cm³/mol. The van der Waals surface area contributed by atoms with Gasteiger partial charge in [0, 0.05) is 20.2 Å². The van der Waals surface area contributed by atoms with Gasteiger partial charge in [0.2, 0.25) is 0 Å². The Morgan fingerprint density at radius 3 is 1.51 bits per heavy atom. The minimum atomic E-state index is 1.23. The van der Waals surface area contributed by atoms with Crippen molar-refractivity contribution in [2.24, 2.45) is 0 Å². The zero-order valence-corrected chi connectivity index (χ0v) is 27.5. The van der Waals surface area contributed by atoms with Crippen molar-refractivity contribution in [2.45, 2.75) is 0 Å². The van der Waals surface area contributed by atoms with Gasteiger partial charge >= 0.3 is 0 Å². The lowest BCUT2D eigenvalue weighted by molar-refractivity contribution is 1.63. The van der Waals surface area contributed by atoms with Gasteiger partial charge in [-0.2, -0.15) is 0 Å². The highest BCUT2D eigenvalue weighted by Crippen LogP contribution is 2.46. The topological polar surface area (TPSA) is 0 Å². The molecule has 0 aliphatic heterocycles. The molecular formula is C48H30S. The van der Waals surface area contributed by atoms with Crippen molar-refractivity contribution in [3.05, 3.63) is 182 Å². The lowest BCUT2D eigenvalue weighted by atomic mass is 9.85. The first-order chi connectivity index (χ1) is 24.3. The van der Waals surface area contributed by atoms with Crippen LogP contribution in [0.25, 0.3) is 97.0 Å². The van der Waals surface area contributed by atoms with Crippen LogP contribution in [0.2, 0.25) is 0 Å². The third-order valence-corrected chi connectivity index (χ3v) is 11.3. The monoisotopic (exact) mass is 638 g/mol. The molecule has 0 N–H and O–H groups in total. The van der Waals surface area contributed by atoms with Crippen LogP contribution in [-0.4, -0.2) is 0 Å². The fourth-order valence-electron chi connectivity index (χ4n) is 7.86. The molecule has 0 amide bonds. The molecule has 0 aliphatic rings. The number of thiophene rings is 1. The van der Waals surface area contributed by atoms with E-state index >= 15 is 0 Å². The largest absolute Gasteiger partial charge is 0.135 e. The number of rotatable bonds is 4. The third-order valence-electron chi connectivity index (χ3n) is 10.1. The van der Waals surface area contributed by atoms with Gasteiger partial charge in [-0.25, -0.2) is 0 Å². The zero-order valence-electron chi connectivity index (χ0n) is 26.7. The minimum absolute atomic E-state index is 1.23. The quantitative estimate of drug-likeness (QED) is 0.168. The molecule has 228 valence electrons. The van der Waals surface area contributed by atoms with E-state index in [4.69, 9.17) is 0 Å². The van der Waals surface area contributed by atoms with E-state index in [0.29, 0.717) is 0 Å². The van der Waals surface area contributed by atoms with Crippen molar-refractivity contribution < 1.29 is 0 Å². The Morgan fingerprint density at radius 1 is 0.286 bits per heavy atom. The lowest BCUT2D eigenvalue weighted by Gasteiger charge is -2.18. The first kappa shape index (κ1) is 28.0. The average Bonchev–Trinajstić information content (AvgIpc) is 3.56. The molecule has 10 rings (SSSR count). The van der Waals surface area contributed by atoms with Gasteiger partial charge in [0.25, 0.3) is 0 Å². The molecule has 0 unspecified atom stereocenters. The summed E-state index contributed by atoms with van der Waals surface area (Å²) >= 11 is 1.89. The highest BCUT2D eigenvalue weighted by atomic mass is 32.1. The summed E-state index contributed by atoms with van der Waals surface area (Å²) in [5.41, 5.74) is 10.1. The second kappa shape index (κ2) is 11.3. The van der Waals surface area contributed by atoms with Gasteiger partial charge in [0.1, 0.15) is 0 Å². The van der Waals surface area contributed by atoms with Crippen LogP contribution in [0, 0.1) is 0 Å². The van der Waals surface area contributed by atoms with Gasteiger partial charge in [-0.1, -0.05) is 170 Å². The second-order valence-electron chi connectivity index (χ2n) is 12.8. The molecule has 49 heavy (non-hydrogen) atoms. The molecular weight excluding hydrogens is 609 g/mol. The first-order valence-corrected chi connectivity index (χ1v) is 17.7. The third kappa shape index (κ3) is 4.51. The predicted octanol–water partition coefficient (Wildman–Crippen LogP) is 14.2. The maximum Gasteiger partial charge on any atom is 0.0433 e. The van der Waals surface area contributed by atoms with E-state index in [-0.39, 0.29) is 0 Å². The van der Waals surface area contributed by atoms with E-state index < -0.39 is 0 Å². The molecule has 0 aliphatic carbocycles. The van der Waals surface area contributed by atoms with Crippen LogP contribution >= 0.6 is 11.3 Å². The summed E-state index contributed by atoms with van der Waals surface area (Å²) in [6.45, 7) is 0. The fraction of sp³-hybridized carbons (Fsp3) is 0. The van der Waals surface area contributed by atoms with Crippen molar-refractivity contribution in [2.75, 3.05) is 0 Å². The lowest BCUT2D eigenvalue weighted by Crippen LogP contribution is -1.91. The Kier molecular flexibility index (Phi) is 6.47. The Bertz CT molecular complexity index is 2810. The van der Waals surface area contributed by atoms with Gasteiger partial charge in [0.15, 0.2) is 0 Å². The normalized spacial score (nSPS) is 11.7. The maximum absolute atomic E-state index is 2.39. The van der Waals surface area contributed by atoms with Crippen LogP contribution < -0.4 is 0 Å². The molecule has 0 bridgehead atoms. The van der Waals surface area contributed by atoms with Gasteiger partial charge in [-0.3, -0.25) is 0 Å². The fourth-order valence-corrected chi connectivity index (χ4v) is 9.10. The number of benzene rings is 9. The van der Waals surface area contributed by atoms with Gasteiger partial charge in [0.05, 0.1) is 0 Å². The molecule has 1 aromatic heterocycles. The van der Waals surface area contributed by atoms with Gasteiger partial charge in [-0.15, -0.1) is 11.3 Å². The Balaban J connectivity index is 1.16. The Hall–Kier alpha value is -6.02. The molecule has 0 atom stereocenters. The van der Waals surface area contributed by atoms with Crippen molar-refractivity contribution in [1.29, 1.82) is 0 Å². The molecule has 1 heterocycles. The zero-order chi connectivity index (χ0) is 32.3. The van der Waals surface area contributed by atoms with E-state index in [2.05, 4.69) is 182 Å². The van der Waals surface area contributed by atoms with E-state index in [1.807, 2.05) is 11.3 Å². The number of hydrogen-bond acceptors (Lipinski definition) is 1. The van der Waals surface area contributed by atoms with Crippen molar-refractivity contribution in [3.63, 3.8) is 0 Å². The van der Waals surface area contributed by atoms with E-state index in [1.54, 1.807) is 0 Å². The molecule has 9 aromatic carbocycles. The summed E-state index contributed by atoms with van der Waals surface area (Å²) in [6, 6.07) is 66.9. The summed E-state index contributed by atoms with van der Waals surface area (Å²) in [5.74, 6) is 0. The maximum atomic E-state index is 2.39. The van der Waals surface area contributed by atoms with Crippen molar-refractivity contribution in [1.82, 2.24) is 0 Å². The van der Waals surface area contributed by atoms with Gasteiger partial charge < -0.3 is 0 Å². The molecule has 0 fully saturated rings. The SMILES string of the molecule is c1cc(-c2c3ccccc3c(-c3ccc(-c4cccc5ccccc45)cc3)c3ccccc23)cc(-c2cccc3c2sc2ccccc23)c1. The molecule has 0 saturated heterocycles. The molecule has 0 radical (unpaired) electrons. The summed E-state index contributed by atoms with van der Waals surface area (Å²) in [6.07, 6.45) is 0. The Labute approximate surface area is 289 Å². The average molecular weight is 639 g/mol. The number of fused-ring (bicyclic) bond motifs is 6. The smallest absolute Gasteiger partial charge is 0.0433 e. The first-order valence-electron chi connectivity index (χ1n) is 16.8. The van der Waals surface area contributed by atoms with Crippen LogP contribution in [-0.2, 0) is 0 Å². The second-order valence-corrected chi connectivity index (χ2v) is 13.9.